The van der Waals surface area contributed by atoms with Gasteiger partial charge in [0, 0.05) is 34.2 Å². The van der Waals surface area contributed by atoms with Gasteiger partial charge in [-0.25, -0.2) is 4.39 Å². The van der Waals surface area contributed by atoms with E-state index in [-0.39, 0.29) is 42.2 Å². The lowest BCUT2D eigenvalue weighted by Crippen LogP contribution is -2.44. The van der Waals surface area contributed by atoms with E-state index in [1.54, 1.807) is 26.0 Å². The van der Waals surface area contributed by atoms with Crippen molar-refractivity contribution in [3.05, 3.63) is 35.6 Å². The van der Waals surface area contributed by atoms with E-state index >= 15 is 0 Å². The summed E-state index contributed by atoms with van der Waals surface area (Å²) >= 11 is 0. The number of nitrogens with zero attached hydrogens (tertiary/aromatic N) is 3. The highest BCUT2D eigenvalue weighted by Gasteiger charge is 2.25. The minimum absolute atomic E-state index is 0. The number of nitrogens with one attached hydrogen (secondary N) is 1. The molecule has 1 atom stereocenters. The van der Waals surface area contributed by atoms with Gasteiger partial charge in [0.25, 0.3) is 0 Å². The van der Waals surface area contributed by atoms with Crippen LogP contribution in [0.4, 0.5) is 4.39 Å². The Bertz CT molecular complexity index is 562. The van der Waals surface area contributed by atoms with Crippen LogP contribution in [-0.2, 0) is 11.2 Å². The third-order valence-corrected chi connectivity index (χ3v) is 4.13. The second-order valence-electron chi connectivity index (χ2n) is 6.12. The minimum Gasteiger partial charge on any atom is -0.347 e. The number of rotatable bonds is 4. The van der Waals surface area contributed by atoms with Gasteiger partial charge in [-0.2, -0.15) is 0 Å². The number of carbonyl (C=O) groups is 1. The van der Waals surface area contributed by atoms with Gasteiger partial charge in [0.05, 0.1) is 6.54 Å². The molecule has 7 heteroatoms. The Morgan fingerprint density at radius 1 is 1.38 bits per heavy atom. The van der Waals surface area contributed by atoms with E-state index in [0.717, 1.165) is 37.5 Å². The second-order valence-corrected chi connectivity index (χ2v) is 6.12. The zero-order valence-electron chi connectivity index (χ0n) is 14.5. The number of aliphatic imine (C=N–C) groups is 1. The molecule has 1 aromatic carbocycles. The Kier molecular flexibility index (Phi) is 8.44. The maximum Gasteiger partial charge on any atom is 0.241 e. The minimum atomic E-state index is -0.197. The predicted molar refractivity (Wildman–Crippen MR) is 105 cm³/mol. The van der Waals surface area contributed by atoms with E-state index in [2.05, 4.69) is 15.2 Å². The molecule has 24 heavy (non-hydrogen) atoms. The van der Waals surface area contributed by atoms with Crippen molar-refractivity contribution in [3.8, 4) is 0 Å². The van der Waals surface area contributed by atoms with Crippen LogP contribution in [0.15, 0.2) is 29.3 Å². The first kappa shape index (κ1) is 20.7. The van der Waals surface area contributed by atoms with Crippen LogP contribution in [0.25, 0.3) is 0 Å². The Morgan fingerprint density at radius 3 is 2.62 bits per heavy atom. The summed E-state index contributed by atoms with van der Waals surface area (Å²) in [7, 11) is 5.21. The van der Waals surface area contributed by atoms with Gasteiger partial charge < -0.3 is 15.1 Å². The monoisotopic (exact) mass is 448 g/mol. The maximum absolute atomic E-state index is 13.0. The molecule has 0 spiro atoms. The highest BCUT2D eigenvalue weighted by molar-refractivity contribution is 14.0. The normalized spacial score (nSPS) is 17.4. The fourth-order valence-electron chi connectivity index (χ4n) is 2.79. The molecule has 0 aromatic heterocycles. The molecule has 2 rings (SSSR count). The van der Waals surface area contributed by atoms with Crippen molar-refractivity contribution >= 4 is 35.8 Å². The summed E-state index contributed by atoms with van der Waals surface area (Å²) in [5, 5.41) is 3.12. The maximum atomic E-state index is 13.0. The van der Waals surface area contributed by atoms with Crippen molar-refractivity contribution in [2.24, 2.45) is 10.9 Å². The molecule has 0 aliphatic carbocycles. The zero-order chi connectivity index (χ0) is 16.8. The molecule has 1 aliphatic rings. The topological polar surface area (TPSA) is 47.9 Å². The lowest BCUT2D eigenvalue weighted by atomic mass is 9.99. The molecule has 1 amide bonds. The first-order valence-electron chi connectivity index (χ1n) is 7.89. The van der Waals surface area contributed by atoms with Crippen LogP contribution >= 0.6 is 24.0 Å². The van der Waals surface area contributed by atoms with E-state index in [1.807, 2.05) is 12.1 Å². The van der Waals surface area contributed by atoms with Crippen LogP contribution in [0, 0.1) is 11.7 Å². The van der Waals surface area contributed by atoms with Crippen molar-refractivity contribution in [3.63, 3.8) is 0 Å². The Hall–Kier alpha value is -1.38. The van der Waals surface area contributed by atoms with Gasteiger partial charge in [-0.3, -0.25) is 9.79 Å². The molecule has 5 nitrogen and oxygen atoms in total. The van der Waals surface area contributed by atoms with Crippen LogP contribution in [0.5, 0.6) is 0 Å². The van der Waals surface area contributed by atoms with E-state index < -0.39 is 0 Å². The largest absolute Gasteiger partial charge is 0.347 e. The molecule has 1 aromatic rings. The lowest BCUT2D eigenvalue weighted by Gasteiger charge is -2.22. The number of amides is 1. The predicted octanol–water partition coefficient (Wildman–Crippen LogP) is 1.97. The zero-order valence-corrected chi connectivity index (χ0v) is 16.8. The van der Waals surface area contributed by atoms with Crippen molar-refractivity contribution in [1.29, 1.82) is 0 Å². The molecular weight excluding hydrogens is 422 g/mol. The molecule has 1 aliphatic heterocycles. The quantitative estimate of drug-likeness (QED) is 0.436. The van der Waals surface area contributed by atoms with Gasteiger partial charge in [0.2, 0.25) is 5.91 Å². The smallest absolute Gasteiger partial charge is 0.241 e. The molecule has 134 valence electrons. The van der Waals surface area contributed by atoms with Crippen LogP contribution in [0.3, 0.4) is 0 Å². The van der Waals surface area contributed by atoms with Crippen molar-refractivity contribution in [2.45, 2.75) is 12.8 Å². The number of halogens is 2. The van der Waals surface area contributed by atoms with Gasteiger partial charge in [-0.1, -0.05) is 12.1 Å². The Balaban J connectivity index is 0.00000288. The highest BCUT2D eigenvalue weighted by atomic mass is 127. The SMILES string of the molecule is CN=C(NCC(=O)N(C)C)N1CCC(Cc2ccc(F)cc2)C1.I. The first-order valence-corrected chi connectivity index (χ1v) is 7.89. The molecule has 0 saturated carbocycles. The third kappa shape index (κ3) is 5.92. The number of carbonyl (C=O) groups excluding carboxylic acids is 1. The molecule has 1 unspecified atom stereocenters. The number of benzene rings is 1. The molecule has 1 fully saturated rings. The first-order chi connectivity index (χ1) is 11.0. The molecule has 0 radical (unpaired) electrons. The summed E-state index contributed by atoms with van der Waals surface area (Å²) in [6.07, 6.45) is 2.00. The van der Waals surface area contributed by atoms with Crippen LogP contribution in [-0.4, -0.2) is 62.4 Å². The van der Waals surface area contributed by atoms with Crippen molar-refractivity contribution < 1.29 is 9.18 Å². The number of likely N-dealkylation sites (tertiary alicyclic amines) is 1. The molecule has 0 bridgehead atoms. The number of likely N-dealkylation sites (N-methyl/N-ethyl adjacent to an activating group) is 1. The Morgan fingerprint density at radius 2 is 2.04 bits per heavy atom. The number of hydrogen-bond donors (Lipinski definition) is 1. The van der Waals surface area contributed by atoms with Gasteiger partial charge in [-0.05, 0) is 36.5 Å². The van der Waals surface area contributed by atoms with E-state index in [1.165, 1.54) is 12.1 Å². The van der Waals surface area contributed by atoms with Crippen LogP contribution in [0.2, 0.25) is 0 Å². The summed E-state index contributed by atoms with van der Waals surface area (Å²) in [6.45, 7) is 2.06. The summed E-state index contributed by atoms with van der Waals surface area (Å²) in [6, 6.07) is 6.71. The summed E-state index contributed by atoms with van der Waals surface area (Å²) < 4.78 is 13.0. The van der Waals surface area contributed by atoms with Crippen LogP contribution < -0.4 is 5.32 Å². The van der Waals surface area contributed by atoms with Crippen molar-refractivity contribution in [1.82, 2.24) is 15.1 Å². The van der Waals surface area contributed by atoms with Gasteiger partial charge >= 0.3 is 0 Å². The van der Waals surface area contributed by atoms with Crippen molar-refractivity contribution in [2.75, 3.05) is 40.8 Å². The summed E-state index contributed by atoms with van der Waals surface area (Å²) in [5.74, 6) is 1.11. The average Bonchev–Trinajstić information content (AvgIpc) is 2.98. The summed E-state index contributed by atoms with van der Waals surface area (Å²) in [4.78, 5) is 19.7. The van der Waals surface area contributed by atoms with E-state index in [9.17, 15) is 9.18 Å². The molecule has 1 N–H and O–H groups in total. The number of hydrogen-bond acceptors (Lipinski definition) is 2. The summed E-state index contributed by atoms with van der Waals surface area (Å²) in [5.41, 5.74) is 1.16. The molecule has 1 heterocycles. The fourth-order valence-corrected chi connectivity index (χ4v) is 2.79. The standard InChI is InChI=1S/C17H25FN4O.HI/c1-19-17(20-11-16(23)21(2)3)22-9-8-14(12-22)10-13-4-6-15(18)7-5-13;/h4-7,14H,8-12H2,1-3H3,(H,19,20);1H. The van der Waals surface area contributed by atoms with Gasteiger partial charge in [-0.15, -0.1) is 24.0 Å². The fraction of sp³-hybridized carbons (Fsp3) is 0.529. The van der Waals surface area contributed by atoms with Gasteiger partial charge in [0.1, 0.15) is 5.82 Å². The van der Waals surface area contributed by atoms with Gasteiger partial charge in [0.15, 0.2) is 5.96 Å². The highest BCUT2D eigenvalue weighted by Crippen LogP contribution is 2.21. The van der Waals surface area contributed by atoms with E-state index in [4.69, 9.17) is 0 Å². The lowest BCUT2D eigenvalue weighted by molar-refractivity contribution is -0.127. The van der Waals surface area contributed by atoms with Crippen LogP contribution in [0.1, 0.15) is 12.0 Å². The third-order valence-electron chi connectivity index (χ3n) is 4.13. The molecular formula is C17H26FIN4O. The molecule has 1 saturated heterocycles. The number of guanidine groups is 1. The van der Waals surface area contributed by atoms with E-state index in [0.29, 0.717) is 5.92 Å². The second kappa shape index (κ2) is 9.80. The average molecular weight is 448 g/mol. The Labute approximate surface area is 160 Å².